The van der Waals surface area contributed by atoms with Crippen LogP contribution in [0.5, 0.6) is 5.75 Å². The Morgan fingerprint density at radius 2 is 1.82 bits per heavy atom. The third kappa shape index (κ3) is 4.68. The van der Waals surface area contributed by atoms with Gasteiger partial charge in [-0.25, -0.2) is 9.59 Å². The number of hydrogen-bond donors (Lipinski definition) is 1. The molecule has 0 fully saturated rings. The van der Waals surface area contributed by atoms with E-state index in [4.69, 9.17) is 4.74 Å². The molecule has 6 heteroatoms. The van der Waals surface area contributed by atoms with Crippen LogP contribution in [0.2, 0.25) is 0 Å². The number of alkyl carbamates (subject to hydrolysis) is 1. The molecule has 1 atom stereocenters. The molecule has 0 radical (unpaired) electrons. The van der Waals surface area contributed by atoms with Crippen LogP contribution in [-0.4, -0.2) is 31.0 Å². The second kappa shape index (κ2) is 8.42. The van der Waals surface area contributed by atoms with Crippen molar-refractivity contribution in [1.82, 2.24) is 5.32 Å². The van der Waals surface area contributed by atoms with Gasteiger partial charge in [0.25, 0.3) is 0 Å². The zero-order valence-corrected chi connectivity index (χ0v) is 17.2. The molecule has 1 amide bonds. The number of fused-ring (bicyclic) bond motifs is 1. The lowest BCUT2D eigenvalue weighted by Gasteiger charge is -2.29. The zero-order chi connectivity index (χ0) is 21.1. The molecule has 1 N–H and O–H groups in total. The second-order valence-corrected chi connectivity index (χ2v) is 7.66. The number of esters is 1. The van der Waals surface area contributed by atoms with E-state index in [1.54, 1.807) is 6.92 Å². The van der Waals surface area contributed by atoms with Gasteiger partial charge in [0, 0.05) is 22.8 Å². The minimum absolute atomic E-state index is 0.0514. The van der Waals surface area contributed by atoms with Gasteiger partial charge < -0.3 is 14.8 Å². The minimum Gasteiger partial charge on any atom is -0.453 e. The van der Waals surface area contributed by atoms with Crippen molar-refractivity contribution in [2.24, 2.45) is 0 Å². The standard InChI is InChI=1S/C22H27NO5/c1-13-11-16-9-7-8-10-17(16)19(18(13)22(4,5)12-14(2)24)28-20(25)15(3)23-21(26)27-6/h7-11,15H,12H2,1-6H3,(H,23,26). The zero-order valence-electron chi connectivity index (χ0n) is 17.2. The highest BCUT2D eigenvalue weighted by Crippen LogP contribution is 2.42. The van der Waals surface area contributed by atoms with Crippen molar-refractivity contribution in [2.45, 2.75) is 52.5 Å². The SMILES string of the molecule is COC(=O)NC(C)C(=O)Oc1c(C(C)(C)CC(C)=O)c(C)cc2ccccc12. The number of rotatable bonds is 6. The summed E-state index contributed by atoms with van der Waals surface area (Å²) in [5.41, 5.74) is 1.20. The van der Waals surface area contributed by atoms with E-state index in [1.165, 1.54) is 14.0 Å². The molecule has 0 aliphatic carbocycles. The van der Waals surface area contributed by atoms with Crippen molar-refractivity contribution in [3.8, 4) is 5.75 Å². The first-order valence-corrected chi connectivity index (χ1v) is 9.15. The Labute approximate surface area is 165 Å². The van der Waals surface area contributed by atoms with Crippen LogP contribution in [0, 0.1) is 6.92 Å². The van der Waals surface area contributed by atoms with Crippen LogP contribution in [-0.2, 0) is 19.7 Å². The number of carbonyl (C=O) groups is 3. The smallest absolute Gasteiger partial charge is 0.407 e. The molecule has 0 heterocycles. The average Bonchev–Trinajstić information content (AvgIpc) is 2.59. The van der Waals surface area contributed by atoms with Crippen molar-refractivity contribution in [2.75, 3.05) is 7.11 Å². The Morgan fingerprint density at radius 1 is 1.18 bits per heavy atom. The Balaban J connectivity index is 2.58. The predicted molar refractivity (Wildman–Crippen MR) is 108 cm³/mol. The van der Waals surface area contributed by atoms with E-state index in [1.807, 2.05) is 51.1 Å². The summed E-state index contributed by atoms with van der Waals surface area (Å²) in [7, 11) is 1.23. The van der Waals surface area contributed by atoms with Gasteiger partial charge in [0.2, 0.25) is 0 Å². The first kappa shape index (κ1) is 21.4. The molecule has 2 aromatic rings. The van der Waals surface area contributed by atoms with Crippen LogP contribution >= 0.6 is 0 Å². The van der Waals surface area contributed by atoms with Gasteiger partial charge in [0.05, 0.1) is 7.11 Å². The monoisotopic (exact) mass is 385 g/mol. The molecule has 0 aromatic heterocycles. The maximum atomic E-state index is 12.7. The maximum absolute atomic E-state index is 12.7. The number of methoxy groups -OCH3 is 1. The summed E-state index contributed by atoms with van der Waals surface area (Å²) in [6, 6.07) is 8.73. The van der Waals surface area contributed by atoms with E-state index in [-0.39, 0.29) is 5.78 Å². The number of ketones is 1. The third-order valence-corrected chi connectivity index (χ3v) is 4.64. The number of hydrogen-bond acceptors (Lipinski definition) is 5. The fourth-order valence-electron chi connectivity index (χ4n) is 3.59. The molecular formula is C22H27NO5. The molecule has 150 valence electrons. The van der Waals surface area contributed by atoms with E-state index in [2.05, 4.69) is 10.1 Å². The molecule has 2 rings (SSSR count). The van der Waals surface area contributed by atoms with Crippen molar-refractivity contribution in [3.05, 3.63) is 41.5 Å². The lowest BCUT2D eigenvalue weighted by molar-refractivity contribution is -0.136. The van der Waals surface area contributed by atoms with Crippen LogP contribution < -0.4 is 10.1 Å². The highest BCUT2D eigenvalue weighted by Gasteiger charge is 2.31. The molecule has 6 nitrogen and oxygen atoms in total. The largest absolute Gasteiger partial charge is 0.453 e. The number of aryl methyl sites for hydroxylation is 1. The highest BCUT2D eigenvalue weighted by atomic mass is 16.5. The molecule has 0 saturated carbocycles. The second-order valence-electron chi connectivity index (χ2n) is 7.66. The van der Waals surface area contributed by atoms with Crippen LogP contribution in [0.15, 0.2) is 30.3 Å². The lowest BCUT2D eigenvalue weighted by Crippen LogP contribution is -2.41. The Bertz CT molecular complexity index is 917. The normalized spacial score (nSPS) is 12.4. The summed E-state index contributed by atoms with van der Waals surface area (Å²) in [5.74, 6) is -0.137. The van der Waals surface area contributed by atoms with Gasteiger partial charge >= 0.3 is 12.1 Å². The maximum Gasteiger partial charge on any atom is 0.407 e. The quantitative estimate of drug-likeness (QED) is 0.599. The summed E-state index contributed by atoms with van der Waals surface area (Å²) in [6.07, 6.45) is -0.400. The van der Waals surface area contributed by atoms with Gasteiger partial charge in [-0.2, -0.15) is 0 Å². The van der Waals surface area contributed by atoms with Crippen LogP contribution in [0.3, 0.4) is 0 Å². The van der Waals surface area contributed by atoms with Crippen LogP contribution in [0.25, 0.3) is 10.8 Å². The molecule has 28 heavy (non-hydrogen) atoms. The van der Waals surface area contributed by atoms with E-state index in [0.717, 1.165) is 21.9 Å². The lowest BCUT2D eigenvalue weighted by atomic mass is 9.76. The summed E-state index contributed by atoms with van der Waals surface area (Å²) in [4.78, 5) is 35.9. The number of amides is 1. The molecular weight excluding hydrogens is 358 g/mol. The van der Waals surface area contributed by atoms with E-state index in [9.17, 15) is 14.4 Å². The summed E-state index contributed by atoms with van der Waals surface area (Å²) < 4.78 is 10.3. The predicted octanol–water partition coefficient (Wildman–Crippen LogP) is 4.05. The molecule has 0 spiro atoms. The summed E-state index contributed by atoms with van der Waals surface area (Å²) >= 11 is 0. The van der Waals surface area contributed by atoms with Gasteiger partial charge in [-0.05, 0) is 31.7 Å². The molecule has 1 unspecified atom stereocenters. The molecule has 0 aliphatic rings. The fraction of sp³-hybridized carbons (Fsp3) is 0.409. The number of Topliss-reactive ketones (excluding diaryl/α,β-unsaturated/α-hetero) is 1. The van der Waals surface area contributed by atoms with E-state index >= 15 is 0 Å². The van der Waals surface area contributed by atoms with Gasteiger partial charge in [-0.1, -0.05) is 44.2 Å². The van der Waals surface area contributed by atoms with Crippen molar-refractivity contribution >= 4 is 28.6 Å². The molecule has 2 aromatic carbocycles. The number of carbonyl (C=O) groups excluding carboxylic acids is 3. The Hall–Kier alpha value is -2.89. The summed E-state index contributed by atoms with van der Waals surface area (Å²) in [6.45, 7) is 8.93. The third-order valence-electron chi connectivity index (χ3n) is 4.64. The molecule has 0 saturated heterocycles. The number of ether oxygens (including phenoxy) is 2. The van der Waals surface area contributed by atoms with E-state index < -0.39 is 23.5 Å². The van der Waals surface area contributed by atoms with Crippen LogP contribution in [0.1, 0.15) is 45.2 Å². The molecule has 0 bridgehead atoms. The molecule has 0 aliphatic heterocycles. The van der Waals surface area contributed by atoms with Crippen molar-refractivity contribution < 1.29 is 23.9 Å². The van der Waals surface area contributed by atoms with Crippen LogP contribution in [0.4, 0.5) is 4.79 Å². The van der Waals surface area contributed by atoms with Gasteiger partial charge in [-0.3, -0.25) is 4.79 Å². The van der Waals surface area contributed by atoms with Gasteiger partial charge in [0.1, 0.15) is 17.6 Å². The van der Waals surface area contributed by atoms with Crippen molar-refractivity contribution in [1.29, 1.82) is 0 Å². The number of benzene rings is 2. The first-order chi connectivity index (χ1) is 13.1. The van der Waals surface area contributed by atoms with Gasteiger partial charge in [-0.15, -0.1) is 0 Å². The average molecular weight is 385 g/mol. The van der Waals surface area contributed by atoms with Crippen molar-refractivity contribution in [3.63, 3.8) is 0 Å². The Kier molecular flexibility index (Phi) is 6.44. The Morgan fingerprint density at radius 3 is 2.43 bits per heavy atom. The van der Waals surface area contributed by atoms with E-state index in [0.29, 0.717) is 12.2 Å². The minimum atomic E-state index is -0.893. The fourth-order valence-corrected chi connectivity index (χ4v) is 3.59. The summed E-state index contributed by atoms with van der Waals surface area (Å²) in [5, 5.41) is 4.12. The highest BCUT2D eigenvalue weighted by molar-refractivity contribution is 5.94. The topological polar surface area (TPSA) is 81.7 Å². The van der Waals surface area contributed by atoms with Gasteiger partial charge in [0.15, 0.2) is 0 Å². The number of nitrogens with one attached hydrogen (secondary N) is 1. The first-order valence-electron chi connectivity index (χ1n) is 9.15.